The van der Waals surface area contributed by atoms with Gasteiger partial charge in [0, 0.05) is 6.54 Å². The maximum atomic E-state index is 11.5. The van der Waals surface area contributed by atoms with E-state index in [9.17, 15) is 4.79 Å². The molecule has 1 amide bonds. The molecule has 1 aromatic rings. The summed E-state index contributed by atoms with van der Waals surface area (Å²) < 4.78 is 7.18. The van der Waals surface area contributed by atoms with Gasteiger partial charge in [0.25, 0.3) is 0 Å². The summed E-state index contributed by atoms with van der Waals surface area (Å²) in [6, 6.07) is 0. The van der Waals surface area contributed by atoms with Gasteiger partial charge in [0.15, 0.2) is 5.75 Å². The predicted octanol–water partition coefficient (Wildman–Crippen LogP) is 0.655. The largest absolute Gasteiger partial charge is 0.491 e. The molecule has 6 heteroatoms. The first-order valence-electron chi connectivity index (χ1n) is 6.80. The Kier molecular flexibility index (Phi) is 4.09. The summed E-state index contributed by atoms with van der Waals surface area (Å²) in [7, 11) is 0. The number of hydrogen-bond acceptors (Lipinski definition) is 4. The molecule has 6 nitrogen and oxygen atoms in total. The van der Waals surface area contributed by atoms with E-state index in [0.29, 0.717) is 13.0 Å². The predicted molar refractivity (Wildman–Crippen MR) is 71.5 cm³/mol. The summed E-state index contributed by atoms with van der Waals surface area (Å²) in [5, 5.41) is 4.22. The number of nitrogens with two attached hydrogens (primary N) is 2. The molecule has 1 fully saturated rings. The van der Waals surface area contributed by atoms with Crippen LogP contribution in [-0.4, -0.2) is 27.8 Å². The number of ether oxygens (including phenoxy) is 1. The van der Waals surface area contributed by atoms with E-state index >= 15 is 0 Å². The van der Waals surface area contributed by atoms with Crippen LogP contribution in [0.2, 0.25) is 0 Å². The van der Waals surface area contributed by atoms with Crippen molar-refractivity contribution in [2.75, 3.05) is 6.61 Å². The lowest BCUT2D eigenvalue weighted by atomic mass is 9.85. The molecule has 0 aromatic carbocycles. The van der Waals surface area contributed by atoms with Crippen molar-refractivity contribution < 1.29 is 9.53 Å². The second-order valence-corrected chi connectivity index (χ2v) is 5.15. The Morgan fingerprint density at radius 1 is 1.68 bits per heavy atom. The normalized spacial score (nSPS) is 26.5. The molecule has 2 atom stereocenters. The fourth-order valence-corrected chi connectivity index (χ4v) is 2.83. The van der Waals surface area contributed by atoms with Crippen LogP contribution in [0.5, 0.6) is 5.75 Å². The summed E-state index contributed by atoms with van der Waals surface area (Å²) in [5.74, 6) is 0.526. The molecule has 19 heavy (non-hydrogen) atoms. The van der Waals surface area contributed by atoms with E-state index < -0.39 is 5.54 Å². The van der Waals surface area contributed by atoms with Crippen molar-refractivity contribution in [3.05, 3.63) is 12.4 Å². The molecule has 0 bridgehead atoms. The standard InChI is InChI=1S/C13H22N4O2/c1-2-19-11-8-16-17(9-11)7-5-10-4-3-6-13(10,15)12(14)18/h8-10H,2-7,15H2,1H3,(H2,14,18). The molecule has 2 rings (SSSR count). The van der Waals surface area contributed by atoms with Crippen molar-refractivity contribution in [3.63, 3.8) is 0 Å². The third kappa shape index (κ3) is 2.89. The van der Waals surface area contributed by atoms with Gasteiger partial charge in [0.05, 0.1) is 24.5 Å². The van der Waals surface area contributed by atoms with Gasteiger partial charge in [0.2, 0.25) is 5.91 Å². The summed E-state index contributed by atoms with van der Waals surface area (Å²) in [5.41, 5.74) is 10.7. The molecular formula is C13H22N4O2. The molecule has 0 radical (unpaired) electrons. The first-order chi connectivity index (χ1) is 9.06. The van der Waals surface area contributed by atoms with Crippen LogP contribution in [0.3, 0.4) is 0 Å². The van der Waals surface area contributed by atoms with Gasteiger partial charge >= 0.3 is 0 Å². The smallest absolute Gasteiger partial charge is 0.237 e. The fraction of sp³-hybridized carbons (Fsp3) is 0.692. The van der Waals surface area contributed by atoms with E-state index in [-0.39, 0.29) is 11.8 Å². The minimum atomic E-state index is -0.837. The third-order valence-corrected chi connectivity index (χ3v) is 3.96. The number of amides is 1. The highest BCUT2D eigenvalue weighted by atomic mass is 16.5. The highest BCUT2D eigenvalue weighted by molar-refractivity contribution is 5.85. The maximum absolute atomic E-state index is 11.5. The Bertz CT molecular complexity index is 446. The summed E-state index contributed by atoms with van der Waals surface area (Å²) in [4.78, 5) is 11.5. The number of aryl methyl sites for hydroxylation is 1. The Morgan fingerprint density at radius 2 is 2.47 bits per heavy atom. The summed E-state index contributed by atoms with van der Waals surface area (Å²) >= 11 is 0. The Hall–Kier alpha value is -1.56. The molecule has 4 N–H and O–H groups in total. The van der Waals surface area contributed by atoms with Crippen LogP contribution in [0.15, 0.2) is 12.4 Å². The topological polar surface area (TPSA) is 96.2 Å². The molecule has 1 aromatic heterocycles. The second kappa shape index (κ2) is 5.61. The minimum Gasteiger partial charge on any atom is -0.491 e. The van der Waals surface area contributed by atoms with Crippen molar-refractivity contribution >= 4 is 5.91 Å². The summed E-state index contributed by atoms with van der Waals surface area (Å²) in [6.07, 6.45) is 6.98. The fourth-order valence-electron chi connectivity index (χ4n) is 2.83. The average Bonchev–Trinajstić information content (AvgIpc) is 2.95. The number of carbonyl (C=O) groups excluding carboxylic acids is 1. The van der Waals surface area contributed by atoms with E-state index in [0.717, 1.165) is 31.6 Å². The molecular weight excluding hydrogens is 244 g/mol. The maximum Gasteiger partial charge on any atom is 0.237 e. The number of nitrogens with zero attached hydrogens (tertiary/aromatic N) is 2. The number of carbonyl (C=O) groups is 1. The van der Waals surface area contributed by atoms with Gasteiger partial charge in [-0.3, -0.25) is 9.48 Å². The first-order valence-corrected chi connectivity index (χ1v) is 6.80. The third-order valence-electron chi connectivity index (χ3n) is 3.96. The van der Waals surface area contributed by atoms with E-state index in [1.54, 1.807) is 6.20 Å². The van der Waals surface area contributed by atoms with Crippen molar-refractivity contribution in [1.82, 2.24) is 9.78 Å². The lowest BCUT2D eigenvalue weighted by molar-refractivity contribution is -0.124. The van der Waals surface area contributed by atoms with Crippen LogP contribution in [0.25, 0.3) is 0 Å². The van der Waals surface area contributed by atoms with Gasteiger partial charge < -0.3 is 16.2 Å². The molecule has 1 saturated carbocycles. The van der Waals surface area contributed by atoms with E-state index in [1.807, 2.05) is 17.8 Å². The lowest BCUT2D eigenvalue weighted by Gasteiger charge is -2.27. The van der Waals surface area contributed by atoms with Gasteiger partial charge in [-0.2, -0.15) is 5.10 Å². The zero-order valence-electron chi connectivity index (χ0n) is 11.3. The van der Waals surface area contributed by atoms with E-state index in [1.165, 1.54) is 0 Å². The van der Waals surface area contributed by atoms with Crippen LogP contribution >= 0.6 is 0 Å². The first kappa shape index (κ1) is 13.9. The van der Waals surface area contributed by atoms with Crippen LogP contribution in [-0.2, 0) is 11.3 Å². The van der Waals surface area contributed by atoms with Gasteiger partial charge in [-0.25, -0.2) is 0 Å². The zero-order valence-corrected chi connectivity index (χ0v) is 11.3. The van der Waals surface area contributed by atoms with Crippen molar-refractivity contribution in [3.8, 4) is 5.75 Å². The quantitative estimate of drug-likeness (QED) is 0.790. The van der Waals surface area contributed by atoms with Crippen LogP contribution in [0, 0.1) is 5.92 Å². The second-order valence-electron chi connectivity index (χ2n) is 5.15. The van der Waals surface area contributed by atoms with Crippen LogP contribution in [0.1, 0.15) is 32.6 Å². The van der Waals surface area contributed by atoms with Gasteiger partial charge in [0.1, 0.15) is 0 Å². The molecule has 2 unspecified atom stereocenters. The van der Waals surface area contributed by atoms with Crippen LogP contribution in [0.4, 0.5) is 0 Å². The highest BCUT2D eigenvalue weighted by Crippen LogP contribution is 2.36. The number of primary amides is 1. The Labute approximate surface area is 113 Å². The number of aromatic nitrogens is 2. The van der Waals surface area contributed by atoms with Gasteiger partial charge in [-0.1, -0.05) is 6.42 Å². The molecule has 1 heterocycles. The molecule has 0 aliphatic heterocycles. The Morgan fingerprint density at radius 3 is 3.16 bits per heavy atom. The van der Waals surface area contributed by atoms with Crippen molar-refractivity contribution in [2.45, 2.75) is 44.7 Å². The molecule has 106 valence electrons. The average molecular weight is 266 g/mol. The Balaban J connectivity index is 1.92. The lowest BCUT2D eigenvalue weighted by Crippen LogP contribution is -2.54. The van der Waals surface area contributed by atoms with Crippen LogP contribution < -0.4 is 16.2 Å². The molecule has 0 saturated heterocycles. The van der Waals surface area contributed by atoms with E-state index in [4.69, 9.17) is 16.2 Å². The molecule has 1 aliphatic rings. The molecule has 0 spiro atoms. The van der Waals surface area contributed by atoms with Crippen molar-refractivity contribution in [1.29, 1.82) is 0 Å². The van der Waals surface area contributed by atoms with Crippen molar-refractivity contribution in [2.24, 2.45) is 17.4 Å². The highest BCUT2D eigenvalue weighted by Gasteiger charge is 2.43. The zero-order chi connectivity index (χ0) is 13.9. The SMILES string of the molecule is CCOc1cnn(CCC2CCCC2(N)C(N)=O)c1. The molecule has 1 aliphatic carbocycles. The van der Waals surface area contributed by atoms with Gasteiger partial charge in [-0.15, -0.1) is 0 Å². The number of rotatable bonds is 6. The summed E-state index contributed by atoms with van der Waals surface area (Å²) in [6.45, 7) is 3.29. The van der Waals surface area contributed by atoms with E-state index in [2.05, 4.69) is 5.10 Å². The minimum absolute atomic E-state index is 0.143. The monoisotopic (exact) mass is 266 g/mol. The van der Waals surface area contributed by atoms with Gasteiger partial charge in [-0.05, 0) is 32.1 Å². The number of hydrogen-bond donors (Lipinski definition) is 2.